The second-order valence-corrected chi connectivity index (χ2v) is 8.91. The molecule has 0 atom stereocenters. The van der Waals surface area contributed by atoms with Gasteiger partial charge in [-0.3, -0.25) is 4.72 Å². The van der Waals surface area contributed by atoms with Crippen LogP contribution in [-0.4, -0.2) is 13.4 Å². The lowest BCUT2D eigenvalue weighted by Crippen LogP contribution is -2.14. The van der Waals surface area contributed by atoms with Gasteiger partial charge in [0.1, 0.15) is 5.01 Å². The number of nitrogens with zero attached hydrogens (tertiary/aromatic N) is 1. The van der Waals surface area contributed by atoms with Crippen molar-refractivity contribution in [1.82, 2.24) is 4.98 Å². The lowest BCUT2D eigenvalue weighted by atomic mass is 10.1. The average molecular weight is 407 g/mol. The first-order valence-corrected chi connectivity index (χ1v) is 11.3. The maximum absolute atomic E-state index is 12.4. The highest BCUT2D eigenvalue weighted by molar-refractivity contribution is 7.91. The molecule has 0 aliphatic carbocycles. The highest BCUT2D eigenvalue weighted by Gasteiger charge is 2.12. The Bertz CT molecular complexity index is 1150. The van der Waals surface area contributed by atoms with Gasteiger partial charge in [0.15, 0.2) is 0 Å². The number of anilines is 1. The molecule has 0 unspecified atom stereocenters. The van der Waals surface area contributed by atoms with Gasteiger partial charge in [0.05, 0.1) is 11.4 Å². The van der Waals surface area contributed by atoms with E-state index in [-0.39, 0.29) is 5.75 Å². The number of aromatic nitrogens is 1. The number of thiazole rings is 1. The molecule has 4 rings (SSSR count). The molecule has 0 saturated heterocycles. The summed E-state index contributed by atoms with van der Waals surface area (Å²) in [5.41, 5.74) is 4.21. The van der Waals surface area contributed by atoms with Gasteiger partial charge in [-0.15, -0.1) is 11.3 Å². The van der Waals surface area contributed by atoms with Crippen LogP contribution in [0.3, 0.4) is 0 Å². The largest absolute Gasteiger partial charge is 0.283 e. The number of nitrogens with one attached hydrogen (secondary N) is 1. The molecule has 0 fully saturated rings. The third-order valence-corrected chi connectivity index (χ3v) is 6.33. The molecule has 0 radical (unpaired) electrons. The van der Waals surface area contributed by atoms with Crippen LogP contribution in [0.1, 0.15) is 5.56 Å². The first kappa shape index (κ1) is 18.4. The van der Waals surface area contributed by atoms with Gasteiger partial charge in [-0.05, 0) is 17.7 Å². The van der Waals surface area contributed by atoms with Crippen molar-refractivity contribution in [3.05, 3.63) is 95.9 Å². The minimum absolute atomic E-state index is 0.0535. The lowest BCUT2D eigenvalue weighted by molar-refractivity contribution is 0.600. The number of sulfonamides is 1. The van der Waals surface area contributed by atoms with Crippen LogP contribution in [0.5, 0.6) is 0 Å². The Kier molecular flexibility index (Phi) is 5.23. The fourth-order valence-electron chi connectivity index (χ4n) is 2.84. The normalized spacial score (nSPS) is 11.3. The quantitative estimate of drug-likeness (QED) is 0.465. The number of hydrogen-bond donors (Lipinski definition) is 1. The van der Waals surface area contributed by atoms with Crippen molar-refractivity contribution in [3.63, 3.8) is 0 Å². The Balaban J connectivity index is 1.48. The maximum Gasteiger partial charge on any atom is 0.236 e. The minimum Gasteiger partial charge on any atom is -0.283 e. The smallest absolute Gasteiger partial charge is 0.236 e. The van der Waals surface area contributed by atoms with Gasteiger partial charge in [-0.1, -0.05) is 72.8 Å². The van der Waals surface area contributed by atoms with E-state index in [1.54, 1.807) is 35.6 Å². The van der Waals surface area contributed by atoms with E-state index in [1.807, 2.05) is 66.0 Å². The molecule has 0 amide bonds. The summed E-state index contributed by atoms with van der Waals surface area (Å²) in [6.07, 6.45) is 0. The lowest BCUT2D eigenvalue weighted by Gasteiger charge is -2.08. The maximum atomic E-state index is 12.4. The van der Waals surface area contributed by atoms with Gasteiger partial charge < -0.3 is 0 Å². The highest BCUT2D eigenvalue weighted by Crippen LogP contribution is 2.29. The summed E-state index contributed by atoms with van der Waals surface area (Å²) in [6, 6.07) is 26.4. The summed E-state index contributed by atoms with van der Waals surface area (Å²) < 4.78 is 27.4. The zero-order valence-electron chi connectivity index (χ0n) is 14.9. The number of hydrogen-bond acceptors (Lipinski definition) is 4. The Morgan fingerprint density at radius 1 is 0.786 bits per heavy atom. The van der Waals surface area contributed by atoms with E-state index >= 15 is 0 Å². The van der Waals surface area contributed by atoms with Crippen molar-refractivity contribution in [2.45, 2.75) is 5.75 Å². The Labute approximate surface area is 168 Å². The Hall–Kier alpha value is -2.96. The van der Waals surface area contributed by atoms with E-state index in [0.29, 0.717) is 5.69 Å². The van der Waals surface area contributed by atoms with Crippen LogP contribution in [0.2, 0.25) is 0 Å². The van der Waals surface area contributed by atoms with E-state index in [4.69, 9.17) is 4.98 Å². The van der Waals surface area contributed by atoms with Crippen molar-refractivity contribution in [1.29, 1.82) is 0 Å². The van der Waals surface area contributed by atoms with Crippen LogP contribution >= 0.6 is 11.3 Å². The molecule has 140 valence electrons. The predicted molar refractivity (Wildman–Crippen MR) is 116 cm³/mol. The van der Waals surface area contributed by atoms with Crippen molar-refractivity contribution in [2.24, 2.45) is 0 Å². The average Bonchev–Trinajstić information content (AvgIpc) is 3.19. The van der Waals surface area contributed by atoms with Crippen molar-refractivity contribution in [3.8, 4) is 21.8 Å². The summed E-state index contributed by atoms with van der Waals surface area (Å²) >= 11 is 1.59. The molecular formula is C22H18N2O2S2. The molecule has 0 spiro atoms. The summed E-state index contributed by atoms with van der Waals surface area (Å²) in [7, 11) is -3.46. The fraction of sp³-hybridized carbons (Fsp3) is 0.0455. The van der Waals surface area contributed by atoms with Gasteiger partial charge >= 0.3 is 0 Å². The van der Waals surface area contributed by atoms with Gasteiger partial charge in [-0.2, -0.15) is 0 Å². The van der Waals surface area contributed by atoms with Crippen LogP contribution in [0.15, 0.2) is 90.3 Å². The molecule has 1 heterocycles. The third kappa shape index (κ3) is 4.47. The summed E-state index contributed by atoms with van der Waals surface area (Å²) in [4.78, 5) is 4.69. The molecule has 4 nitrogen and oxygen atoms in total. The summed E-state index contributed by atoms with van der Waals surface area (Å²) in [5, 5.41) is 2.97. The summed E-state index contributed by atoms with van der Waals surface area (Å²) in [6.45, 7) is 0. The second-order valence-electron chi connectivity index (χ2n) is 6.33. The van der Waals surface area contributed by atoms with Gasteiger partial charge in [0.25, 0.3) is 0 Å². The van der Waals surface area contributed by atoms with Crippen LogP contribution in [0.25, 0.3) is 21.8 Å². The van der Waals surface area contributed by atoms with E-state index in [9.17, 15) is 8.42 Å². The zero-order valence-corrected chi connectivity index (χ0v) is 16.6. The van der Waals surface area contributed by atoms with Crippen LogP contribution in [0, 0.1) is 0 Å². The minimum atomic E-state index is -3.46. The van der Waals surface area contributed by atoms with Crippen LogP contribution < -0.4 is 4.72 Å². The Morgan fingerprint density at radius 2 is 1.43 bits per heavy atom. The fourth-order valence-corrected chi connectivity index (χ4v) is 4.87. The molecule has 0 bridgehead atoms. The van der Waals surface area contributed by atoms with E-state index in [2.05, 4.69) is 4.72 Å². The van der Waals surface area contributed by atoms with E-state index < -0.39 is 10.0 Å². The molecule has 1 aromatic heterocycles. The molecule has 4 aromatic rings. The SMILES string of the molecule is O=S(=O)(Cc1ccccc1)Nc1ccc(-c2csc(-c3ccccc3)n2)cc1. The molecular weight excluding hydrogens is 388 g/mol. The standard InChI is InChI=1S/C22H18N2O2S2/c25-28(26,16-17-7-3-1-4-8-17)24-20-13-11-18(12-14-20)21-15-27-22(23-21)19-9-5-2-6-10-19/h1-15,24H,16H2. The second kappa shape index (κ2) is 7.96. The first-order chi connectivity index (χ1) is 13.6. The van der Waals surface area contributed by atoms with Gasteiger partial charge in [0.2, 0.25) is 10.0 Å². The monoisotopic (exact) mass is 406 g/mol. The number of benzene rings is 3. The molecule has 0 aliphatic heterocycles. The molecule has 1 N–H and O–H groups in total. The van der Waals surface area contributed by atoms with Crippen molar-refractivity contribution < 1.29 is 8.42 Å². The molecule has 28 heavy (non-hydrogen) atoms. The summed E-state index contributed by atoms with van der Waals surface area (Å²) in [5.74, 6) is -0.0535. The third-order valence-electron chi connectivity index (χ3n) is 4.18. The van der Waals surface area contributed by atoms with Crippen molar-refractivity contribution in [2.75, 3.05) is 4.72 Å². The zero-order chi connectivity index (χ0) is 19.4. The predicted octanol–water partition coefficient (Wildman–Crippen LogP) is 5.42. The van der Waals surface area contributed by atoms with Crippen LogP contribution in [0.4, 0.5) is 5.69 Å². The van der Waals surface area contributed by atoms with Crippen LogP contribution in [-0.2, 0) is 15.8 Å². The number of rotatable bonds is 6. The molecule has 0 aliphatic rings. The first-order valence-electron chi connectivity index (χ1n) is 8.75. The molecule has 0 saturated carbocycles. The Morgan fingerprint density at radius 3 is 2.11 bits per heavy atom. The molecule has 6 heteroatoms. The van der Waals surface area contributed by atoms with E-state index in [0.717, 1.165) is 27.4 Å². The van der Waals surface area contributed by atoms with Gasteiger partial charge in [0, 0.05) is 22.2 Å². The molecule has 3 aromatic carbocycles. The van der Waals surface area contributed by atoms with E-state index in [1.165, 1.54) is 0 Å². The van der Waals surface area contributed by atoms with Crippen molar-refractivity contribution >= 4 is 27.0 Å². The topological polar surface area (TPSA) is 59.1 Å². The highest BCUT2D eigenvalue weighted by atomic mass is 32.2. The van der Waals surface area contributed by atoms with Gasteiger partial charge in [-0.25, -0.2) is 13.4 Å².